The van der Waals surface area contributed by atoms with E-state index in [4.69, 9.17) is 0 Å². The summed E-state index contributed by atoms with van der Waals surface area (Å²) in [5.74, 6) is -0.753. The van der Waals surface area contributed by atoms with Crippen LogP contribution in [-0.2, 0) is 4.79 Å². The summed E-state index contributed by atoms with van der Waals surface area (Å²) in [7, 11) is 0. The molecule has 1 aliphatic heterocycles. The normalized spacial score (nSPS) is 23.8. The highest BCUT2D eigenvalue weighted by atomic mass is 19.1. The molecule has 0 aliphatic carbocycles. The topological polar surface area (TPSA) is 60.8 Å². The van der Waals surface area contributed by atoms with Crippen molar-refractivity contribution in [2.75, 3.05) is 13.1 Å². The Bertz CT molecular complexity index is 465. The number of halogens is 1. The number of likely N-dealkylation sites (tertiary alicyclic amines) is 1. The number of nitrogens with zero attached hydrogens (tertiary/aromatic N) is 1. The molecule has 1 fully saturated rings. The molecule has 2 rings (SSSR count). The minimum atomic E-state index is -0.907. The molecule has 18 heavy (non-hydrogen) atoms. The first-order valence-corrected chi connectivity index (χ1v) is 5.65. The molecule has 1 aromatic rings. The van der Waals surface area contributed by atoms with Crippen molar-refractivity contribution < 1.29 is 19.4 Å². The lowest BCUT2D eigenvalue weighted by Crippen LogP contribution is -2.27. The fourth-order valence-corrected chi connectivity index (χ4v) is 1.83. The molecule has 1 heterocycles. The Kier molecular flexibility index (Phi) is 3.74. The SMILES string of the molecule is O=C(/C=C/c1ccccc1F)N1C[C@H](O)[C@@H](O)C1. The fourth-order valence-electron chi connectivity index (χ4n) is 1.83. The smallest absolute Gasteiger partial charge is 0.246 e. The summed E-state index contributed by atoms with van der Waals surface area (Å²) in [5, 5.41) is 18.6. The van der Waals surface area contributed by atoms with Crippen molar-refractivity contribution >= 4 is 12.0 Å². The van der Waals surface area contributed by atoms with Crippen LogP contribution < -0.4 is 0 Å². The van der Waals surface area contributed by atoms with Gasteiger partial charge in [-0.25, -0.2) is 4.39 Å². The zero-order chi connectivity index (χ0) is 13.1. The van der Waals surface area contributed by atoms with E-state index >= 15 is 0 Å². The maximum absolute atomic E-state index is 13.3. The first-order chi connectivity index (χ1) is 8.58. The number of carbonyl (C=O) groups excluding carboxylic acids is 1. The van der Waals surface area contributed by atoms with Crippen LogP contribution >= 0.6 is 0 Å². The van der Waals surface area contributed by atoms with E-state index in [1.807, 2.05) is 0 Å². The fraction of sp³-hybridized carbons (Fsp3) is 0.308. The first kappa shape index (κ1) is 12.7. The molecule has 2 N–H and O–H groups in total. The molecule has 1 amide bonds. The summed E-state index contributed by atoms with van der Waals surface area (Å²) in [6.07, 6.45) is 0.810. The van der Waals surface area contributed by atoms with Gasteiger partial charge in [-0.15, -0.1) is 0 Å². The second kappa shape index (κ2) is 5.29. The van der Waals surface area contributed by atoms with Gasteiger partial charge in [-0.2, -0.15) is 0 Å². The van der Waals surface area contributed by atoms with E-state index in [0.717, 1.165) is 0 Å². The molecule has 0 saturated carbocycles. The van der Waals surface area contributed by atoms with Crippen molar-refractivity contribution in [1.82, 2.24) is 4.90 Å². The summed E-state index contributed by atoms with van der Waals surface area (Å²) in [4.78, 5) is 13.0. The van der Waals surface area contributed by atoms with Gasteiger partial charge in [0.05, 0.1) is 12.2 Å². The van der Waals surface area contributed by atoms with Crippen molar-refractivity contribution in [3.8, 4) is 0 Å². The number of aliphatic hydroxyl groups excluding tert-OH is 2. The summed E-state index contributed by atoms with van der Waals surface area (Å²) < 4.78 is 13.3. The molecule has 0 spiro atoms. The van der Waals surface area contributed by atoms with Crippen LogP contribution in [0.1, 0.15) is 5.56 Å². The lowest BCUT2D eigenvalue weighted by Gasteiger charge is -2.12. The quantitative estimate of drug-likeness (QED) is 0.748. The van der Waals surface area contributed by atoms with Crippen molar-refractivity contribution in [2.45, 2.75) is 12.2 Å². The molecular formula is C13H14FNO3. The Balaban J connectivity index is 2.02. The maximum atomic E-state index is 13.3. The molecule has 0 unspecified atom stereocenters. The summed E-state index contributed by atoms with van der Waals surface area (Å²) in [5.41, 5.74) is 0.325. The number of aliphatic hydroxyl groups is 2. The van der Waals surface area contributed by atoms with Gasteiger partial charge in [-0.1, -0.05) is 18.2 Å². The summed E-state index contributed by atoms with van der Waals surface area (Å²) in [6, 6.07) is 6.12. The monoisotopic (exact) mass is 251 g/mol. The minimum Gasteiger partial charge on any atom is -0.388 e. The number of amides is 1. The van der Waals surface area contributed by atoms with Crippen LogP contribution in [0.3, 0.4) is 0 Å². The van der Waals surface area contributed by atoms with Gasteiger partial charge in [0.1, 0.15) is 5.82 Å². The molecule has 0 bridgehead atoms. The molecule has 1 aromatic carbocycles. The third kappa shape index (κ3) is 2.75. The van der Waals surface area contributed by atoms with Gasteiger partial charge in [0, 0.05) is 24.7 Å². The first-order valence-electron chi connectivity index (χ1n) is 5.65. The highest BCUT2D eigenvalue weighted by Crippen LogP contribution is 2.12. The molecule has 2 atom stereocenters. The number of β-amino-alcohol motifs (C(OH)–C–C–N with tert-alkyl or cyclic N) is 2. The van der Waals surface area contributed by atoms with Crippen molar-refractivity contribution in [1.29, 1.82) is 0 Å². The Morgan fingerprint density at radius 2 is 1.89 bits per heavy atom. The third-order valence-corrected chi connectivity index (χ3v) is 2.88. The van der Waals surface area contributed by atoms with Gasteiger partial charge in [-0.3, -0.25) is 4.79 Å². The molecule has 4 nitrogen and oxygen atoms in total. The molecule has 0 radical (unpaired) electrons. The van der Waals surface area contributed by atoms with Gasteiger partial charge >= 0.3 is 0 Å². The van der Waals surface area contributed by atoms with Crippen LogP contribution in [0.5, 0.6) is 0 Å². The average Bonchev–Trinajstić information content (AvgIpc) is 2.68. The Morgan fingerprint density at radius 1 is 1.28 bits per heavy atom. The predicted octanol–water partition coefficient (Wildman–Crippen LogP) is 0.403. The number of carbonyl (C=O) groups is 1. The van der Waals surface area contributed by atoms with Gasteiger partial charge in [0.25, 0.3) is 0 Å². The van der Waals surface area contributed by atoms with E-state index in [0.29, 0.717) is 5.56 Å². The van der Waals surface area contributed by atoms with E-state index in [1.54, 1.807) is 18.2 Å². The molecule has 0 aromatic heterocycles. The summed E-state index contributed by atoms with van der Waals surface area (Å²) in [6.45, 7) is 0.198. The van der Waals surface area contributed by atoms with E-state index in [9.17, 15) is 19.4 Å². The summed E-state index contributed by atoms with van der Waals surface area (Å²) >= 11 is 0. The second-order valence-corrected chi connectivity index (χ2v) is 4.23. The Hall–Kier alpha value is -1.72. The average molecular weight is 251 g/mol. The van der Waals surface area contributed by atoms with Crippen LogP contribution in [0.15, 0.2) is 30.3 Å². The van der Waals surface area contributed by atoms with Crippen LogP contribution in [0.4, 0.5) is 4.39 Å². The number of benzene rings is 1. The largest absolute Gasteiger partial charge is 0.388 e. The van der Waals surface area contributed by atoms with E-state index in [2.05, 4.69) is 0 Å². The standard InChI is InChI=1S/C13H14FNO3/c14-10-4-2-1-3-9(10)5-6-13(18)15-7-11(16)12(17)8-15/h1-6,11-12,16-17H,7-8H2/b6-5+/t11-,12-/m0/s1. The molecule has 5 heteroatoms. The van der Waals surface area contributed by atoms with Crippen LogP contribution in [0.2, 0.25) is 0 Å². The number of rotatable bonds is 2. The number of hydrogen-bond donors (Lipinski definition) is 2. The zero-order valence-electron chi connectivity index (χ0n) is 9.66. The van der Waals surface area contributed by atoms with E-state index in [1.165, 1.54) is 23.1 Å². The van der Waals surface area contributed by atoms with Crippen LogP contribution in [-0.4, -0.2) is 46.3 Å². The van der Waals surface area contributed by atoms with Gasteiger partial charge in [0.15, 0.2) is 0 Å². The zero-order valence-corrected chi connectivity index (χ0v) is 9.66. The third-order valence-electron chi connectivity index (χ3n) is 2.88. The number of hydrogen-bond acceptors (Lipinski definition) is 3. The van der Waals surface area contributed by atoms with Gasteiger partial charge < -0.3 is 15.1 Å². The van der Waals surface area contributed by atoms with E-state index in [-0.39, 0.29) is 19.0 Å². The molecular weight excluding hydrogens is 237 g/mol. The lowest BCUT2D eigenvalue weighted by atomic mass is 10.2. The maximum Gasteiger partial charge on any atom is 0.246 e. The van der Waals surface area contributed by atoms with Crippen molar-refractivity contribution in [3.05, 3.63) is 41.7 Å². The molecule has 1 aliphatic rings. The lowest BCUT2D eigenvalue weighted by molar-refractivity contribution is -0.125. The minimum absolute atomic E-state index is 0.0988. The van der Waals surface area contributed by atoms with Crippen molar-refractivity contribution in [3.63, 3.8) is 0 Å². The van der Waals surface area contributed by atoms with Gasteiger partial charge in [-0.05, 0) is 12.1 Å². The highest BCUT2D eigenvalue weighted by molar-refractivity contribution is 5.92. The van der Waals surface area contributed by atoms with Gasteiger partial charge in [0.2, 0.25) is 5.91 Å². The highest BCUT2D eigenvalue weighted by Gasteiger charge is 2.31. The van der Waals surface area contributed by atoms with E-state index < -0.39 is 18.0 Å². The molecule has 1 saturated heterocycles. The Labute approximate surface area is 104 Å². The Morgan fingerprint density at radius 3 is 2.50 bits per heavy atom. The van der Waals surface area contributed by atoms with Crippen molar-refractivity contribution in [2.24, 2.45) is 0 Å². The van der Waals surface area contributed by atoms with Crippen LogP contribution in [0, 0.1) is 5.82 Å². The second-order valence-electron chi connectivity index (χ2n) is 4.23. The predicted molar refractivity (Wildman–Crippen MR) is 64.0 cm³/mol. The van der Waals surface area contributed by atoms with Crippen LogP contribution in [0.25, 0.3) is 6.08 Å². The molecule has 96 valence electrons.